The second-order valence-corrected chi connectivity index (χ2v) is 8.08. The number of benzene rings is 1. The lowest BCUT2D eigenvalue weighted by atomic mass is 10.1. The van der Waals surface area contributed by atoms with E-state index in [2.05, 4.69) is 20.6 Å². The number of aryl methyl sites for hydroxylation is 1. The van der Waals surface area contributed by atoms with Gasteiger partial charge in [-0.25, -0.2) is 18.4 Å². The van der Waals surface area contributed by atoms with E-state index in [0.717, 1.165) is 23.4 Å². The van der Waals surface area contributed by atoms with Crippen LogP contribution in [0, 0.1) is 6.92 Å². The fraction of sp³-hybridized carbons (Fsp3) is 0.368. The van der Waals surface area contributed by atoms with Crippen molar-refractivity contribution in [1.29, 1.82) is 0 Å². The third kappa shape index (κ3) is 7.27. The van der Waals surface area contributed by atoms with Crippen molar-refractivity contribution in [3.63, 3.8) is 0 Å². The van der Waals surface area contributed by atoms with Crippen molar-refractivity contribution >= 4 is 39.8 Å². The van der Waals surface area contributed by atoms with Crippen LogP contribution in [0.15, 0.2) is 46.3 Å². The van der Waals surface area contributed by atoms with E-state index < -0.39 is 9.84 Å². The van der Waals surface area contributed by atoms with E-state index in [1.54, 1.807) is 32.2 Å². The quantitative estimate of drug-likeness (QED) is 0.333. The van der Waals surface area contributed by atoms with E-state index in [4.69, 9.17) is 4.74 Å². The fourth-order valence-corrected chi connectivity index (χ4v) is 3.54. The average molecular weight is 518 g/mol. The van der Waals surface area contributed by atoms with Gasteiger partial charge in [-0.2, -0.15) is 0 Å². The lowest BCUT2D eigenvalue weighted by Crippen LogP contribution is -2.37. The standard InChI is InChI=1S/C19H26N4O3S.HI/c1-5-20-19(22-13-16-7-6-8-18(23-16)26-3)21-12-15-9-10-17(14(2)11-15)27(4,24)25;/h6-11H,5,12-13H2,1-4H3,(H2,20,21,22);1H. The van der Waals surface area contributed by atoms with Gasteiger partial charge in [0.25, 0.3) is 0 Å². The smallest absolute Gasteiger partial charge is 0.213 e. The molecule has 0 radical (unpaired) electrons. The first-order chi connectivity index (χ1) is 12.8. The minimum atomic E-state index is -3.21. The number of pyridine rings is 1. The van der Waals surface area contributed by atoms with Crippen molar-refractivity contribution in [3.05, 3.63) is 53.2 Å². The number of sulfone groups is 1. The Kier molecular flexibility index (Phi) is 9.66. The Morgan fingerprint density at radius 2 is 1.96 bits per heavy atom. The molecule has 0 spiro atoms. The maximum absolute atomic E-state index is 11.7. The van der Waals surface area contributed by atoms with E-state index >= 15 is 0 Å². The Labute approximate surface area is 184 Å². The molecule has 0 saturated heterocycles. The molecule has 154 valence electrons. The summed E-state index contributed by atoms with van der Waals surface area (Å²) in [4.78, 5) is 9.27. The number of aromatic nitrogens is 1. The number of guanidine groups is 1. The number of halogens is 1. The monoisotopic (exact) mass is 518 g/mol. The van der Waals surface area contributed by atoms with Crippen LogP contribution in [0.25, 0.3) is 0 Å². The molecule has 0 aliphatic rings. The van der Waals surface area contributed by atoms with Crippen LogP contribution in [0.3, 0.4) is 0 Å². The maximum atomic E-state index is 11.7. The highest BCUT2D eigenvalue weighted by Crippen LogP contribution is 2.17. The summed E-state index contributed by atoms with van der Waals surface area (Å²) in [7, 11) is -1.63. The summed E-state index contributed by atoms with van der Waals surface area (Å²) in [5, 5.41) is 6.42. The number of hydrogen-bond donors (Lipinski definition) is 2. The average Bonchev–Trinajstić information content (AvgIpc) is 2.63. The Hall–Kier alpha value is -1.88. The summed E-state index contributed by atoms with van der Waals surface area (Å²) in [6.07, 6.45) is 1.22. The maximum Gasteiger partial charge on any atom is 0.213 e. The summed E-state index contributed by atoms with van der Waals surface area (Å²) in [6, 6.07) is 10.9. The van der Waals surface area contributed by atoms with Crippen LogP contribution < -0.4 is 15.4 Å². The molecule has 9 heteroatoms. The molecule has 2 N–H and O–H groups in total. The summed E-state index contributed by atoms with van der Waals surface area (Å²) in [5.74, 6) is 1.23. The normalized spacial score (nSPS) is 11.5. The molecule has 0 aliphatic heterocycles. The minimum Gasteiger partial charge on any atom is -0.481 e. The Morgan fingerprint density at radius 1 is 1.21 bits per heavy atom. The molecule has 1 aromatic carbocycles. The highest BCUT2D eigenvalue weighted by atomic mass is 127. The van der Waals surface area contributed by atoms with Gasteiger partial charge < -0.3 is 15.4 Å². The van der Waals surface area contributed by atoms with Crippen LogP contribution in [0.2, 0.25) is 0 Å². The Bertz CT molecular complexity index is 917. The number of nitrogens with one attached hydrogen (secondary N) is 2. The van der Waals surface area contributed by atoms with Crippen molar-refractivity contribution in [2.24, 2.45) is 4.99 Å². The lowest BCUT2D eigenvalue weighted by molar-refractivity contribution is 0.396. The second kappa shape index (κ2) is 11.2. The molecule has 2 rings (SSSR count). The van der Waals surface area contributed by atoms with Crippen molar-refractivity contribution in [2.75, 3.05) is 19.9 Å². The predicted molar refractivity (Wildman–Crippen MR) is 122 cm³/mol. The van der Waals surface area contributed by atoms with Crippen LogP contribution in [0.4, 0.5) is 0 Å². The highest BCUT2D eigenvalue weighted by Gasteiger charge is 2.10. The third-order valence-electron chi connectivity index (χ3n) is 3.83. The van der Waals surface area contributed by atoms with Crippen molar-refractivity contribution in [1.82, 2.24) is 15.6 Å². The number of methoxy groups -OCH3 is 1. The zero-order chi connectivity index (χ0) is 19.9. The molecule has 0 aliphatic carbocycles. The van der Waals surface area contributed by atoms with Gasteiger partial charge >= 0.3 is 0 Å². The van der Waals surface area contributed by atoms with Crippen LogP contribution in [0.5, 0.6) is 5.88 Å². The minimum absolute atomic E-state index is 0. The number of aliphatic imine (C=N–C) groups is 1. The first-order valence-electron chi connectivity index (χ1n) is 8.65. The molecular weight excluding hydrogens is 491 g/mol. The van der Waals surface area contributed by atoms with Crippen molar-refractivity contribution in [2.45, 2.75) is 31.8 Å². The van der Waals surface area contributed by atoms with Gasteiger partial charge in [-0.1, -0.05) is 18.2 Å². The van der Waals surface area contributed by atoms with Gasteiger partial charge in [0.15, 0.2) is 15.8 Å². The third-order valence-corrected chi connectivity index (χ3v) is 5.09. The van der Waals surface area contributed by atoms with Crippen molar-refractivity contribution < 1.29 is 13.2 Å². The molecular formula is C19H27IN4O3S. The number of hydrogen-bond acceptors (Lipinski definition) is 5. The van der Waals surface area contributed by atoms with Crippen LogP contribution in [0.1, 0.15) is 23.7 Å². The highest BCUT2D eigenvalue weighted by molar-refractivity contribution is 14.0. The molecule has 28 heavy (non-hydrogen) atoms. The van der Waals surface area contributed by atoms with E-state index in [1.165, 1.54) is 6.26 Å². The molecule has 0 unspecified atom stereocenters. The van der Waals surface area contributed by atoms with E-state index in [-0.39, 0.29) is 24.0 Å². The summed E-state index contributed by atoms with van der Waals surface area (Å²) < 4.78 is 28.6. The zero-order valence-corrected chi connectivity index (χ0v) is 19.7. The lowest BCUT2D eigenvalue weighted by Gasteiger charge is -2.12. The van der Waals surface area contributed by atoms with Crippen molar-refractivity contribution in [3.8, 4) is 5.88 Å². The Morgan fingerprint density at radius 3 is 2.57 bits per heavy atom. The molecule has 0 fully saturated rings. The van der Waals surface area contributed by atoms with Crippen LogP contribution >= 0.6 is 24.0 Å². The molecule has 1 aromatic heterocycles. The van der Waals surface area contributed by atoms with Crippen LogP contribution in [-0.2, 0) is 22.9 Å². The predicted octanol–water partition coefficient (Wildman–Crippen LogP) is 2.68. The first-order valence-corrected chi connectivity index (χ1v) is 10.5. The largest absolute Gasteiger partial charge is 0.481 e. The molecule has 7 nitrogen and oxygen atoms in total. The summed E-state index contributed by atoms with van der Waals surface area (Å²) in [6.45, 7) is 5.46. The molecule has 0 bridgehead atoms. The number of ether oxygens (including phenoxy) is 1. The molecule has 0 atom stereocenters. The van der Waals surface area contributed by atoms with E-state index in [9.17, 15) is 8.42 Å². The zero-order valence-electron chi connectivity index (χ0n) is 16.5. The molecule has 0 amide bonds. The van der Waals surface area contributed by atoms with E-state index in [1.807, 2.05) is 25.1 Å². The van der Waals surface area contributed by atoms with Crippen LogP contribution in [-0.4, -0.2) is 39.3 Å². The molecule has 2 aromatic rings. The van der Waals surface area contributed by atoms with Gasteiger partial charge in [0.05, 0.1) is 30.8 Å². The summed E-state index contributed by atoms with van der Waals surface area (Å²) in [5.41, 5.74) is 2.51. The first kappa shape index (κ1) is 24.2. The van der Waals surface area contributed by atoms with Gasteiger partial charge in [-0.3, -0.25) is 0 Å². The number of rotatable bonds is 7. The Balaban J connectivity index is 0.00000392. The summed E-state index contributed by atoms with van der Waals surface area (Å²) >= 11 is 0. The molecule has 0 saturated carbocycles. The van der Waals surface area contributed by atoms with E-state index in [0.29, 0.717) is 29.8 Å². The topological polar surface area (TPSA) is 92.7 Å². The van der Waals surface area contributed by atoms with Gasteiger partial charge in [0, 0.05) is 18.9 Å². The SMILES string of the molecule is CCNC(=NCc1ccc(S(C)(=O)=O)c(C)c1)NCc1cccc(OC)n1.I. The molecule has 1 heterocycles. The van der Waals surface area contributed by atoms with Gasteiger partial charge in [0.2, 0.25) is 5.88 Å². The van der Waals surface area contributed by atoms with Gasteiger partial charge in [-0.05, 0) is 37.1 Å². The van der Waals surface area contributed by atoms with Gasteiger partial charge in [-0.15, -0.1) is 24.0 Å². The number of nitrogens with zero attached hydrogens (tertiary/aromatic N) is 2. The van der Waals surface area contributed by atoms with Gasteiger partial charge in [0.1, 0.15) is 0 Å². The fourth-order valence-electron chi connectivity index (χ4n) is 2.58. The second-order valence-electron chi connectivity index (χ2n) is 6.09.